The van der Waals surface area contributed by atoms with Crippen LogP contribution >= 0.6 is 0 Å². The average molecular weight is 287 g/mol. The van der Waals surface area contributed by atoms with Crippen molar-refractivity contribution in [2.24, 2.45) is 5.92 Å². The van der Waals surface area contributed by atoms with Crippen molar-refractivity contribution in [1.82, 2.24) is 0 Å². The van der Waals surface area contributed by atoms with Gasteiger partial charge in [0, 0.05) is 0 Å². The van der Waals surface area contributed by atoms with Gasteiger partial charge in [-0.1, -0.05) is 13.8 Å². The molecule has 0 fully saturated rings. The molecule has 1 rings (SSSR count). The Hall–Kier alpha value is -2.05. The minimum absolute atomic E-state index is 0.0923. The van der Waals surface area contributed by atoms with Crippen LogP contribution in [0.2, 0.25) is 0 Å². The molecular weight excluding hydrogens is 272 g/mol. The van der Waals surface area contributed by atoms with Gasteiger partial charge in [-0.3, -0.25) is 10.1 Å². The van der Waals surface area contributed by atoms with E-state index in [1.54, 1.807) is 0 Å². The van der Waals surface area contributed by atoms with E-state index in [0.717, 1.165) is 6.42 Å². The predicted octanol–water partition coefficient (Wildman–Crippen LogP) is 3.47. The van der Waals surface area contributed by atoms with Gasteiger partial charge in [-0.2, -0.15) is 4.39 Å². The van der Waals surface area contributed by atoms with Crippen molar-refractivity contribution in [2.75, 3.05) is 6.61 Å². The molecule has 0 saturated carbocycles. The molecule has 1 aromatic carbocycles. The maximum Gasteiger partial charge on any atom is 0.341 e. The molecule has 110 valence electrons. The lowest BCUT2D eigenvalue weighted by molar-refractivity contribution is -0.387. The van der Waals surface area contributed by atoms with Crippen LogP contribution in [0.4, 0.5) is 14.5 Å². The van der Waals surface area contributed by atoms with Gasteiger partial charge >= 0.3 is 11.7 Å². The van der Waals surface area contributed by atoms with Crippen LogP contribution in [-0.4, -0.2) is 17.5 Å². The van der Waals surface area contributed by atoms with Gasteiger partial charge in [0.15, 0.2) is 0 Å². The fraction of sp³-hybridized carbons (Fsp3) is 0.462. The number of carbonyl (C=O) groups is 1. The first-order valence-corrected chi connectivity index (χ1v) is 6.13. The summed E-state index contributed by atoms with van der Waals surface area (Å²) in [6.07, 6.45) is 1.45. The summed E-state index contributed by atoms with van der Waals surface area (Å²) in [5, 5.41) is 10.4. The second-order valence-electron chi connectivity index (χ2n) is 4.71. The molecule has 0 radical (unpaired) electrons. The lowest BCUT2D eigenvalue weighted by atomic mass is 10.1. The highest BCUT2D eigenvalue weighted by Crippen LogP contribution is 2.22. The van der Waals surface area contributed by atoms with Crippen molar-refractivity contribution in [3.8, 4) is 0 Å². The van der Waals surface area contributed by atoms with E-state index in [2.05, 4.69) is 0 Å². The quantitative estimate of drug-likeness (QED) is 0.348. The Labute approximate surface area is 114 Å². The molecule has 0 aromatic heterocycles. The van der Waals surface area contributed by atoms with E-state index in [9.17, 15) is 23.7 Å². The molecule has 0 spiro atoms. The van der Waals surface area contributed by atoms with E-state index in [1.165, 1.54) is 0 Å². The first-order chi connectivity index (χ1) is 9.32. The Kier molecular flexibility index (Phi) is 5.54. The number of benzene rings is 1. The van der Waals surface area contributed by atoms with Gasteiger partial charge in [0.25, 0.3) is 0 Å². The molecule has 0 heterocycles. The first-order valence-electron chi connectivity index (χ1n) is 6.13. The highest BCUT2D eigenvalue weighted by Gasteiger charge is 2.22. The van der Waals surface area contributed by atoms with Crippen molar-refractivity contribution >= 4 is 11.7 Å². The van der Waals surface area contributed by atoms with E-state index < -0.39 is 33.8 Å². The van der Waals surface area contributed by atoms with E-state index in [1.807, 2.05) is 13.8 Å². The van der Waals surface area contributed by atoms with E-state index in [0.29, 0.717) is 24.5 Å². The molecule has 1 aromatic rings. The monoisotopic (exact) mass is 287 g/mol. The minimum atomic E-state index is -1.27. The standard InChI is InChI=1S/C13H15F2NO4/c1-8(2)4-3-5-20-13(17)9-6-11(15)12(16(18)19)7-10(9)14/h6-8H,3-5H2,1-2H3. The van der Waals surface area contributed by atoms with Crippen molar-refractivity contribution in [2.45, 2.75) is 26.7 Å². The van der Waals surface area contributed by atoms with Crippen molar-refractivity contribution in [3.05, 3.63) is 39.4 Å². The molecule has 20 heavy (non-hydrogen) atoms. The minimum Gasteiger partial charge on any atom is -0.462 e. The Balaban J connectivity index is 2.74. The Morgan fingerprint density at radius 2 is 2.00 bits per heavy atom. The van der Waals surface area contributed by atoms with Gasteiger partial charge < -0.3 is 4.74 Å². The summed E-state index contributed by atoms with van der Waals surface area (Å²) in [5.74, 6) is -3.03. The van der Waals surface area contributed by atoms with E-state index in [4.69, 9.17) is 4.74 Å². The maximum atomic E-state index is 13.5. The fourth-order valence-electron chi connectivity index (χ4n) is 1.57. The molecule has 0 amide bonds. The molecule has 5 nitrogen and oxygen atoms in total. The van der Waals surface area contributed by atoms with Gasteiger partial charge in [0.05, 0.1) is 23.2 Å². The van der Waals surface area contributed by atoms with Gasteiger partial charge in [-0.05, 0) is 24.8 Å². The number of nitro benzene ring substituents is 1. The van der Waals surface area contributed by atoms with Crippen LogP contribution in [0, 0.1) is 27.7 Å². The summed E-state index contributed by atoms with van der Waals surface area (Å²) in [4.78, 5) is 20.9. The number of ether oxygens (including phenoxy) is 1. The summed E-state index contributed by atoms with van der Waals surface area (Å²) in [6.45, 7) is 4.11. The molecule has 0 atom stereocenters. The van der Waals surface area contributed by atoms with Gasteiger partial charge in [-0.15, -0.1) is 0 Å². The van der Waals surface area contributed by atoms with E-state index >= 15 is 0 Å². The largest absolute Gasteiger partial charge is 0.462 e. The smallest absolute Gasteiger partial charge is 0.341 e. The van der Waals surface area contributed by atoms with Crippen LogP contribution in [0.5, 0.6) is 0 Å². The van der Waals surface area contributed by atoms with Gasteiger partial charge in [-0.25, -0.2) is 9.18 Å². The van der Waals surface area contributed by atoms with Crippen LogP contribution < -0.4 is 0 Å². The van der Waals surface area contributed by atoms with E-state index in [-0.39, 0.29) is 6.61 Å². The average Bonchev–Trinajstić information content (AvgIpc) is 2.36. The molecule has 0 aliphatic carbocycles. The first kappa shape index (κ1) is 16.0. The number of nitrogens with zero attached hydrogens (tertiary/aromatic N) is 1. The number of halogens is 2. The molecule has 0 bridgehead atoms. The van der Waals surface area contributed by atoms with Crippen LogP contribution in [-0.2, 0) is 4.74 Å². The Morgan fingerprint density at radius 3 is 2.55 bits per heavy atom. The molecule has 7 heteroatoms. The summed E-state index contributed by atoms with van der Waals surface area (Å²) in [7, 11) is 0. The zero-order valence-corrected chi connectivity index (χ0v) is 11.2. The van der Waals surface area contributed by atoms with Crippen LogP contribution in [0.15, 0.2) is 12.1 Å². The SMILES string of the molecule is CC(C)CCCOC(=O)c1cc(F)c([N+](=O)[O-])cc1F. The third kappa shape index (κ3) is 4.25. The summed E-state index contributed by atoms with van der Waals surface area (Å²) in [5.41, 5.74) is -1.66. The number of hydrogen-bond donors (Lipinski definition) is 0. The Morgan fingerprint density at radius 1 is 1.35 bits per heavy atom. The molecule has 0 saturated heterocycles. The van der Waals surface area contributed by atoms with Crippen molar-refractivity contribution in [1.29, 1.82) is 0 Å². The number of carbonyl (C=O) groups excluding carboxylic acids is 1. The van der Waals surface area contributed by atoms with Gasteiger partial charge in [0.2, 0.25) is 5.82 Å². The zero-order valence-electron chi connectivity index (χ0n) is 11.2. The molecule has 0 N–H and O–H groups in total. The topological polar surface area (TPSA) is 69.4 Å². The van der Waals surface area contributed by atoms with Crippen LogP contribution in [0.3, 0.4) is 0 Å². The summed E-state index contributed by atoms with van der Waals surface area (Å²) in [6, 6.07) is 0.859. The molecule has 0 aliphatic heterocycles. The highest BCUT2D eigenvalue weighted by molar-refractivity contribution is 5.90. The number of hydrogen-bond acceptors (Lipinski definition) is 4. The second kappa shape index (κ2) is 6.93. The van der Waals surface area contributed by atoms with Crippen molar-refractivity contribution in [3.63, 3.8) is 0 Å². The number of rotatable bonds is 6. The summed E-state index contributed by atoms with van der Waals surface area (Å²) < 4.78 is 31.6. The molecule has 0 unspecified atom stereocenters. The fourth-order valence-corrected chi connectivity index (χ4v) is 1.57. The predicted molar refractivity (Wildman–Crippen MR) is 67.4 cm³/mol. The zero-order chi connectivity index (χ0) is 15.3. The molecular formula is C13H15F2NO4. The number of nitro groups is 1. The normalized spacial score (nSPS) is 10.7. The Bertz CT molecular complexity index is 517. The lowest BCUT2D eigenvalue weighted by Crippen LogP contribution is -2.10. The summed E-state index contributed by atoms with van der Waals surface area (Å²) >= 11 is 0. The molecule has 0 aliphatic rings. The van der Waals surface area contributed by atoms with Crippen LogP contribution in [0.1, 0.15) is 37.0 Å². The lowest BCUT2D eigenvalue weighted by Gasteiger charge is -2.07. The van der Waals surface area contributed by atoms with Crippen molar-refractivity contribution < 1.29 is 23.2 Å². The third-order valence-electron chi connectivity index (χ3n) is 2.61. The second-order valence-corrected chi connectivity index (χ2v) is 4.71. The van der Waals surface area contributed by atoms with Crippen LogP contribution in [0.25, 0.3) is 0 Å². The maximum absolute atomic E-state index is 13.5. The highest BCUT2D eigenvalue weighted by atomic mass is 19.1. The van der Waals surface area contributed by atoms with Gasteiger partial charge in [0.1, 0.15) is 5.82 Å². The third-order valence-corrected chi connectivity index (χ3v) is 2.61. The number of esters is 1.